The van der Waals surface area contributed by atoms with Crippen LogP contribution in [0.4, 0.5) is 30.5 Å². The highest BCUT2D eigenvalue weighted by atomic mass is 19.4. The number of benzene rings is 1. The van der Waals surface area contributed by atoms with E-state index in [1.54, 1.807) is 0 Å². The Labute approximate surface area is 84.9 Å². The zero-order valence-electron chi connectivity index (χ0n) is 7.36. The van der Waals surface area contributed by atoms with Crippen LogP contribution in [0.5, 0.6) is 5.75 Å². The SMILES string of the molecule is Fc1cc([B-](F)(F)F)cc(OC(F)F)c1F. The minimum absolute atomic E-state index is 0.00935. The van der Waals surface area contributed by atoms with E-state index in [1.807, 2.05) is 0 Å². The van der Waals surface area contributed by atoms with Crippen molar-refractivity contribution in [3.63, 3.8) is 0 Å². The highest BCUT2D eigenvalue weighted by Gasteiger charge is 2.28. The first-order chi connectivity index (χ1) is 7.21. The molecule has 0 N–H and O–H groups in total. The van der Waals surface area contributed by atoms with Crippen LogP contribution in [0.2, 0.25) is 0 Å². The molecule has 0 fully saturated rings. The minimum atomic E-state index is -5.62. The van der Waals surface area contributed by atoms with E-state index in [0.717, 1.165) is 0 Å². The Morgan fingerprint density at radius 2 is 1.62 bits per heavy atom. The summed E-state index contributed by atoms with van der Waals surface area (Å²) in [6.07, 6.45) is 0. The Balaban J connectivity index is 3.22. The standard InChI is InChI=1S/C7H3BF7O/c9-4-1-3(8(13,14)15)2-5(6(4)10)16-7(11)12/h1-2,7H/q-1. The number of alkyl halides is 2. The maximum absolute atomic E-state index is 12.7. The second kappa shape index (κ2) is 4.22. The van der Waals surface area contributed by atoms with Gasteiger partial charge in [0.15, 0.2) is 11.6 Å². The molecule has 0 aromatic heterocycles. The molecule has 1 nitrogen and oxygen atoms in total. The molecule has 0 heterocycles. The van der Waals surface area contributed by atoms with Gasteiger partial charge in [0.25, 0.3) is 0 Å². The fourth-order valence-electron chi connectivity index (χ4n) is 0.955. The first kappa shape index (κ1) is 12.7. The van der Waals surface area contributed by atoms with E-state index in [9.17, 15) is 30.5 Å². The molecular formula is C7H3BF7O-. The summed E-state index contributed by atoms with van der Waals surface area (Å²) in [4.78, 5) is 0. The number of ether oxygens (including phenoxy) is 1. The normalized spacial score (nSPS) is 12.0. The van der Waals surface area contributed by atoms with Crippen molar-refractivity contribution in [3.05, 3.63) is 23.8 Å². The van der Waals surface area contributed by atoms with Crippen molar-refractivity contribution >= 4 is 12.4 Å². The molecule has 0 aliphatic rings. The van der Waals surface area contributed by atoms with Crippen molar-refractivity contribution in [1.82, 2.24) is 0 Å². The minimum Gasteiger partial charge on any atom is -0.445 e. The highest BCUT2D eigenvalue weighted by Crippen LogP contribution is 2.22. The van der Waals surface area contributed by atoms with Crippen LogP contribution in [0.15, 0.2) is 12.1 Å². The van der Waals surface area contributed by atoms with Gasteiger partial charge in [0.2, 0.25) is 5.82 Å². The molecule has 16 heavy (non-hydrogen) atoms. The fraction of sp³-hybridized carbons (Fsp3) is 0.143. The van der Waals surface area contributed by atoms with Gasteiger partial charge >= 0.3 is 13.6 Å². The van der Waals surface area contributed by atoms with Crippen molar-refractivity contribution in [2.75, 3.05) is 0 Å². The van der Waals surface area contributed by atoms with Gasteiger partial charge in [0.05, 0.1) is 0 Å². The van der Waals surface area contributed by atoms with E-state index >= 15 is 0 Å². The van der Waals surface area contributed by atoms with E-state index in [0.29, 0.717) is 0 Å². The third-order valence-corrected chi connectivity index (χ3v) is 1.61. The maximum atomic E-state index is 12.7. The smallest absolute Gasteiger partial charge is 0.445 e. The van der Waals surface area contributed by atoms with E-state index < -0.39 is 36.4 Å². The summed E-state index contributed by atoms with van der Waals surface area (Å²) in [5, 5.41) is 0. The zero-order chi connectivity index (χ0) is 12.5. The Morgan fingerprint density at radius 1 is 1.06 bits per heavy atom. The second-order valence-electron chi connectivity index (χ2n) is 2.77. The van der Waals surface area contributed by atoms with Crippen molar-refractivity contribution in [2.24, 2.45) is 0 Å². The maximum Gasteiger partial charge on any atom is 0.509 e. The first-order valence-electron chi connectivity index (χ1n) is 3.85. The van der Waals surface area contributed by atoms with Gasteiger partial charge in [0.1, 0.15) is 0 Å². The van der Waals surface area contributed by atoms with Crippen LogP contribution in [0, 0.1) is 11.6 Å². The summed E-state index contributed by atoms with van der Waals surface area (Å²) in [6.45, 7) is -9.16. The van der Waals surface area contributed by atoms with Crippen LogP contribution in [0.3, 0.4) is 0 Å². The molecule has 0 unspecified atom stereocenters. The molecule has 0 spiro atoms. The van der Waals surface area contributed by atoms with E-state index in [-0.39, 0.29) is 12.1 Å². The Hall–Kier alpha value is -1.41. The van der Waals surface area contributed by atoms with Gasteiger partial charge in [-0.1, -0.05) is 0 Å². The summed E-state index contributed by atoms with van der Waals surface area (Å²) in [7, 11) is 0. The quantitative estimate of drug-likeness (QED) is 0.589. The molecule has 1 aromatic carbocycles. The lowest BCUT2D eigenvalue weighted by Crippen LogP contribution is -2.34. The molecule has 0 aliphatic heterocycles. The van der Waals surface area contributed by atoms with Gasteiger partial charge in [-0.15, -0.1) is 5.46 Å². The topological polar surface area (TPSA) is 9.23 Å². The molecule has 1 aromatic rings. The molecule has 0 saturated heterocycles. The molecular weight excluding hydrogens is 244 g/mol. The van der Waals surface area contributed by atoms with Crippen LogP contribution in [-0.2, 0) is 0 Å². The molecule has 9 heteroatoms. The van der Waals surface area contributed by atoms with Crippen molar-refractivity contribution in [2.45, 2.75) is 6.61 Å². The first-order valence-corrected chi connectivity index (χ1v) is 3.85. The van der Waals surface area contributed by atoms with E-state index in [2.05, 4.69) is 4.74 Å². The lowest BCUT2D eigenvalue weighted by Gasteiger charge is -2.16. The summed E-state index contributed by atoms with van der Waals surface area (Å²) in [6, 6.07) is -0.127. The van der Waals surface area contributed by atoms with Crippen molar-refractivity contribution in [1.29, 1.82) is 0 Å². The highest BCUT2D eigenvalue weighted by molar-refractivity contribution is 6.73. The van der Waals surface area contributed by atoms with E-state index in [1.165, 1.54) is 0 Å². The van der Waals surface area contributed by atoms with Crippen LogP contribution in [-0.4, -0.2) is 13.6 Å². The third kappa shape index (κ3) is 2.80. The van der Waals surface area contributed by atoms with Gasteiger partial charge in [-0.25, -0.2) is 4.39 Å². The molecule has 1 rings (SSSR count). The van der Waals surface area contributed by atoms with Crippen LogP contribution >= 0.6 is 0 Å². The average molecular weight is 247 g/mol. The van der Waals surface area contributed by atoms with Crippen LogP contribution in [0.1, 0.15) is 0 Å². The zero-order valence-corrected chi connectivity index (χ0v) is 7.36. The Kier molecular flexibility index (Phi) is 3.34. The number of hydrogen-bond acceptors (Lipinski definition) is 1. The lowest BCUT2D eigenvalue weighted by molar-refractivity contribution is -0.0524. The molecule has 0 bridgehead atoms. The van der Waals surface area contributed by atoms with Crippen LogP contribution in [0.25, 0.3) is 0 Å². The van der Waals surface area contributed by atoms with Gasteiger partial charge in [-0.3, -0.25) is 0 Å². The molecule has 0 radical (unpaired) electrons. The molecule has 0 saturated carbocycles. The van der Waals surface area contributed by atoms with Crippen molar-refractivity contribution in [3.8, 4) is 5.75 Å². The Bertz CT molecular complexity index is 389. The number of halogens is 7. The van der Waals surface area contributed by atoms with Crippen molar-refractivity contribution < 1.29 is 35.2 Å². The number of rotatable bonds is 3. The lowest BCUT2D eigenvalue weighted by atomic mass is 9.80. The van der Waals surface area contributed by atoms with E-state index in [4.69, 9.17) is 0 Å². The third-order valence-electron chi connectivity index (χ3n) is 1.61. The fourth-order valence-corrected chi connectivity index (χ4v) is 0.955. The monoisotopic (exact) mass is 247 g/mol. The van der Waals surface area contributed by atoms with Crippen LogP contribution < -0.4 is 10.2 Å². The predicted octanol–water partition coefficient (Wildman–Crippen LogP) is 2.62. The summed E-state index contributed by atoms with van der Waals surface area (Å²) < 4.78 is 88.6. The molecule has 0 amide bonds. The second-order valence-corrected chi connectivity index (χ2v) is 2.77. The van der Waals surface area contributed by atoms with Gasteiger partial charge < -0.3 is 17.7 Å². The summed E-state index contributed by atoms with van der Waals surface area (Å²) >= 11 is 0. The Morgan fingerprint density at radius 3 is 2.06 bits per heavy atom. The van der Waals surface area contributed by atoms with Gasteiger partial charge in [0, 0.05) is 0 Å². The van der Waals surface area contributed by atoms with Gasteiger partial charge in [-0.2, -0.15) is 13.2 Å². The van der Waals surface area contributed by atoms with Gasteiger partial charge in [-0.05, 0) is 12.1 Å². The predicted molar refractivity (Wildman–Crippen MR) is 41.7 cm³/mol. The number of hydrogen-bond donors (Lipinski definition) is 0. The molecule has 0 aliphatic carbocycles. The summed E-state index contributed by atoms with van der Waals surface area (Å²) in [5.74, 6) is -5.25. The molecule has 90 valence electrons. The average Bonchev–Trinajstić information content (AvgIpc) is 2.10. The summed E-state index contributed by atoms with van der Waals surface area (Å²) in [5.41, 5.74) is -1.55. The largest absolute Gasteiger partial charge is 0.509 e. The molecule has 0 atom stereocenters.